The molecular weight excluding hydrogens is 200 g/mol. The minimum atomic E-state index is 0.193. The van der Waals surface area contributed by atoms with Gasteiger partial charge in [0.25, 0.3) is 0 Å². The molecule has 3 nitrogen and oxygen atoms in total. The average Bonchev–Trinajstić information content (AvgIpc) is 2.89. The maximum absolute atomic E-state index is 11.8. The summed E-state index contributed by atoms with van der Waals surface area (Å²) in [5, 5.41) is 3.08. The average molecular weight is 224 g/mol. The molecule has 2 aliphatic carbocycles. The smallest absolute Gasteiger partial charge is 0.223 e. The summed E-state index contributed by atoms with van der Waals surface area (Å²) in [6, 6.07) is 0.255. The molecular formula is C13H24N2O. The van der Waals surface area contributed by atoms with E-state index < -0.39 is 0 Å². The zero-order chi connectivity index (χ0) is 11.4. The molecule has 1 amide bonds. The first kappa shape index (κ1) is 11.9. The fraction of sp³-hybridized carbons (Fsp3) is 0.923. The highest BCUT2D eigenvalue weighted by Gasteiger charge is 2.27. The fourth-order valence-electron chi connectivity index (χ4n) is 3.10. The van der Waals surface area contributed by atoms with E-state index >= 15 is 0 Å². The SMILES string of the molecule is NC1CCC(C(=O)NCCC2CCCC2)C1. The first-order valence-corrected chi connectivity index (χ1v) is 6.79. The van der Waals surface area contributed by atoms with Crippen molar-refractivity contribution in [2.24, 2.45) is 17.6 Å². The molecule has 0 aliphatic heterocycles. The number of hydrogen-bond donors (Lipinski definition) is 2. The van der Waals surface area contributed by atoms with Crippen LogP contribution in [0.25, 0.3) is 0 Å². The van der Waals surface area contributed by atoms with Gasteiger partial charge in [0.1, 0.15) is 0 Å². The largest absolute Gasteiger partial charge is 0.356 e. The van der Waals surface area contributed by atoms with Gasteiger partial charge in [-0.3, -0.25) is 4.79 Å². The van der Waals surface area contributed by atoms with Crippen molar-refractivity contribution in [3.05, 3.63) is 0 Å². The second-order valence-electron chi connectivity index (χ2n) is 5.50. The zero-order valence-electron chi connectivity index (χ0n) is 10.1. The topological polar surface area (TPSA) is 55.1 Å². The normalized spacial score (nSPS) is 30.8. The molecule has 0 aromatic carbocycles. The zero-order valence-corrected chi connectivity index (χ0v) is 10.1. The number of amides is 1. The van der Waals surface area contributed by atoms with Gasteiger partial charge in [-0.1, -0.05) is 25.7 Å². The van der Waals surface area contributed by atoms with Crippen LogP contribution in [0, 0.1) is 11.8 Å². The number of carbonyl (C=O) groups excluding carboxylic acids is 1. The molecule has 0 heterocycles. The summed E-state index contributed by atoms with van der Waals surface area (Å²) in [4.78, 5) is 11.8. The quantitative estimate of drug-likeness (QED) is 0.765. The summed E-state index contributed by atoms with van der Waals surface area (Å²) < 4.78 is 0. The van der Waals surface area contributed by atoms with Gasteiger partial charge < -0.3 is 11.1 Å². The van der Waals surface area contributed by atoms with Crippen molar-refractivity contribution in [1.29, 1.82) is 0 Å². The molecule has 2 atom stereocenters. The Morgan fingerprint density at radius 3 is 2.56 bits per heavy atom. The monoisotopic (exact) mass is 224 g/mol. The van der Waals surface area contributed by atoms with E-state index in [0.717, 1.165) is 31.7 Å². The highest BCUT2D eigenvalue weighted by molar-refractivity contribution is 5.78. The summed E-state index contributed by atoms with van der Waals surface area (Å²) in [6.07, 6.45) is 9.55. The van der Waals surface area contributed by atoms with Crippen LogP contribution < -0.4 is 11.1 Å². The molecule has 2 fully saturated rings. The van der Waals surface area contributed by atoms with Gasteiger partial charge in [0.2, 0.25) is 5.91 Å². The van der Waals surface area contributed by atoms with Gasteiger partial charge in [0, 0.05) is 18.5 Å². The molecule has 0 aromatic rings. The maximum Gasteiger partial charge on any atom is 0.223 e. The summed E-state index contributed by atoms with van der Waals surface area (Å²) in [5.41, 5.74) is 5.81. The Hall–Kier alpha value is -0.570. The van der Waals surface area contributed by atoms with E-state index in [4.69, 9.17) is 5.73 Å². The van der Waals surface area contributed by atoms with E-state index in [1.54, 1.807) is 0 Å². The minimum absolute atomic E-state index is 0.193. The number of nitrogens with two attached hydrogens (primary N) is 1. The van der Waals surface area contributed by atoms with Gasteiger partial charge >= 0.3 is 0 Å². The van der Waals surface area contributed by atoms with Crippen molar-refractivity contribution in [3.63, 3.8) is 0 Å². The molecule has 3 heteroatoms. The van der Waals surface area contributed by atoms with Gasteiger partial charge in [-0.25, -0.2) is 0 Å². The summed E-state index contributed by atoms with van der Waals surface area (Å²) in [6.45, 7) is 0.870. The summed E-state index contributed by atoms with van der Waals surface area (Å²) >= 11 is 0. The summed E-state index contributed by atoms with van der Waals surface area (Å²) in [7, 11) is 0. The number of nitrogens with one attached hydrogen (secondary N) is 1. The van der Waals surface area contributed by atoms with Crippen molar-refractivity contribution in [2.45, 2.75) is 57.4 Å². The lowest BCUT2D eigenvalue weighted by atomic mass is 10.0. The van der Waals surface area contributed by atoms with E-state index in [-0.39, 0.29) is 17.9 Å². The van der Waals surface area contributed by atoms with Crippen LogP contribution in [0.5, 0.6) is 0 Å². The van der Waals surface area contributed by atoms with Crippen LogP contribution >= 0.6 is 0 Å². The van der Waals surface area contributed by atoms with Crippen LogP contribution in [-0.4, -0.2) is 18.5 Å². The molecule has 0 bridgehead atoms. The Kier molecular flexibility index (Phi) is 4.22. The van der Waals surface area contributed by atoms with E-state index in [2.05, 4.69) is 5.32 Å². The first-order chi connectivity index (χ1) is 7.75. The Balaban J connectivity index is 1.60. The van der Waals surface area contributed by atoms with E-state index in [0.29, 0.717) is 0 Å². The highest BCUT2D eigenvalue weighted by Crippen LogP contribution is 2.27. The molecule has 0 saturated heterocycles. The van der Waals surface area contributed by atoms with Gasteiger partial charge in [-0.15, -0.1) is 0 Å². The van der Waals surface area contributed by atoms with Crippen LogP contribution in [0.2, 0.25) is 0 Å². The Morgan fingerprint density at radius 1 is 1.19 bits per heavy atom. The van der Waals surface area contributed by atoms with E-state index in [1.807, 2.05) is 0 Å². The van der Waals surface area contributed by atoms with Crippen molar-refractivity contribution in [2.75, 3.05) is 6.54 Å². The number of hydrogen-bond acceptors (Lipinski definition) is 2. The molecule has 16 heavy (non-hydrogen) atoms. The van der Waals surface area contributed by atoms with Gasteiger partial charge in [0.15, 0.2) is 0 Å². The maximum atomic E-state index is 11.8. The molecule has 0 radical (unpaired) electrons. The van der Waals surface area contributed by atoms with Crippen LogP contribution in [0.3, 0.4) is 0 Å². The highest BCUT2D eigenvalue weighted by atomic mass is 16.1. The molecule has 2 aliphatic rings. The van der Waals surface area contributed by atoms with E-state index in [1.165, 1.54) is 32.1 Å². The van der Waals surface area contributed by atoms with Gasteiger partial charge in [-0.05, 0) is 31.6 Å². The third-order valence-electron chi connectivity index (χ3n) is 4.17. The lowest BCUT2D eigenvalue weighted by Crippen LogP contribution is -2.31. The molecule has 0 aromatic heterocycles. The molecule has 3 N–H and O–H groups in total. The Morgan fingerprint density at radius 2 is 1.94 bits per heavy atom. The van der Waals surface area contributed by atoms with Crippen LogP contribution in [0.1, 0.15) is 51.4 Å². The predicted octanol–water partition coefficient (Wildman–Crippen LogP) is 1.81. The number of rotatable bonds is 4. The molecule has 2 unspecified atom stereocenters. The Bertz CT molecular complexity index is 236. The Labute approximate surface area is 98.2 Å². The minimum Gasteiger partial charge on any atom is -0.356 e. The molecule has 2 rings (SSSR count). The van der Waals surface area contributed by atoms with Crippen molar-refractivity contribution < 1.29 is 4.79 Å². The third-order valence-corrected chi connectivity index (χ3v) is 4.17. The third kappa shape index (κ3) is 3.21. The van der Waals surface area contributed by atoms with E-state index in [9.17, 15) is 4.79 Å². The van der Waals surface area contributed by atoms with Crippen molar-refractivity contribution in [3.8, 4) is 0 Å². The van der Waals surface area contributed by atoms with Crippen LogP contribution in [0.15, 0.2) is 0 Å². The molecule has 2 saturated carbocycles. The second kappa shape index (κ2) is 5.67. The van der Waals surface area contributed by atoms with Crippen molar-refractivity contribution >= 4 is 5.91 Å². The second-order valence-corrected chi connectivity index (χ2v) is 5.50. The molecule has 0 spiro atoms. The van der Waals surface area contributed by atoms with Crippen molar-refractivity contribution in [1.82, 2.24) is 5.32 Å². The lowest BCUT2D eigenvalue weighted by molar-refractivity contribution is -0.124. The molecule has 92 valence electrons. The first-order valence-electron chi connectivity index (χ1n) is 6.79. The van der Waals surface area contributed by atoms with Gasteiger partial charge in [0.05, 0.1) is 0 Å². The number of carbonyl (C=O) groups is 1. The summed E-state index contributed by atoms with van der Waals surface area (Å²) in [5.74, 6) is 1.30. The lowest BCUT2D eigenvalue weighted by Gasteiger charge is -2.13. The van der Waals surface area contributed by atoms with Crippen LogP contribution in [-0.2, 0) is 4.79 Å². The fourth-order valence-corrected chi connectivity index (χ4v) is 3.10. The standard InChI is InChI=1S/C13H24N2O/c14-12-6-5-11(9-12)13(16)15-8-7-10-3-1-2-4-10/h10-12H,1-9,14H2,(H,15,16). The van der Waals surface area contributed by atoms with Gasteiger partial charge in [-0.2, -0.15) is 0 Å². The predicted molar refractivity (Wildman–Crippen MR) is 64.9 cm³/mol. The van der Waals surface area contributed by atoms with Crippen LogP contribution in [0.4, 0.5) is 0 Å².